The normalized spacial score (nSPS) is 28.8. The van der Waals surface area contributed by atoms with Crippen molar-refractivity contribution in [1.29, 1.82) is 0 Å². The summed E-state index contributed by atoms with van der Waals surface area (Å²) in [6.07, 6.45) is 1.46. The van der Waals surface area contributed by atoms with Crippen molar-refractivity contribution in [2.45, 2.75) is 45.8 Å². The molecule has 94 valence electrons. The molecule has 3 atom stereocenters. The highest BCUT2D eigenvalue weighted by Gasteiger charge is 2.30. The highest BCUT2D eigenvalue weighted by molar-refractivity contribution is 5.75. The number of aliphatic hydroxyl groups excluding tert-OH is 1. The lowest BCUT2D eigenvalue weighted by molar-refractivity contribution is -0.151. The molecule has 0 bridgehead atoms. The number of hydrogen-bond donors (Lipinski definition) is 1. The van der Waals surface area contributed by atoms with Gasteiger partial charge < -0.3 is 9.84 Å². The molecule has 0 aromatic rings. The largest absolute Gasteiger partial charge is 0.465 e. The first kappa shape index (κ1) is 13.5. The van der Waals surface area contributed by atoms with Crippen molar-refractivity contribution in [3.05, 3.63) is 0 Å². The van der Waals surface area contributed by atoms with Gasteiger partial charge in [-0.05, 0) is 32.2 Å². The van der Waals surface area contributed by atoms with E-state index in [1.165, 1.54) is 0 Å². The predicted molar refractivity (Wildman–Crippen MR) is 62.1 cm³/mol. The van der Waals surface area contributed by atoms with Crippen LogP contribution in [0.3, 0.4) is 0 Å². The third-order valence-electron chi connectivity index (χ3n) is 3.29. The quantitative estimate of drug-likeness (QED) is 0.732. The van der Waals surface area contributed by atoms with Crippen molar-refractivity contribution in [3.63, 3.8) is 0 Å². The zero-order valence-corrected chi connectivity index (χ0v) is 10.5. The average molecular weight is 229 g/mol. The van der Waals surface area contributed by atoms with Crippen LogP contribution in [0.4, 0.5) is 0 Å². The van der Waals surface area contributed by atoms with Crippen LogP contribution in [0, 0.1) is 5.92 Å². The van der Waals surface area contributed by atoms with Gasteiger partial charge in [0.25, 0.3) is 0 Å². The molecule has 0 radical (unpaired) electrons. The van der Waals surface area contributed by atoms with Gasteiger partial charge in [0, 0.05) is 6.54 Å². The molecule has 0 aromatic carbocycles. The molecule has 16 heavy (non-hydrogen) atoms. The van der Waals surface area contributed by atoms with Gasteiger partial charge in [0.15, 0.2) is 0 Å². The number of rotatable bonds is 4. The van der Waals surface area contributed by atoms with E-state index < -0.39 is 0 Å². The molecule has 0 amide bonds. The van der Waals surface area contributed by atoms with Gasteiger partial charge in [-0.1, -0.05) is 13.8 Å². The third kappa shape index (κ3) is 3.46. The van der Waals surface area contributed by atoms with Crippen LogP contribution in [0.15, 0.2) is 0 Å². The molecule has 1 heterocycles. The van der Waals surface area contributed by atoms with Crippen molar-refractivity contribution in [2.75, 3.05) is 19.7 Å². The number of piperidine rings is 1. The van der Waals surface area contributed by atoms with Crippen LogP contribution in [0.1, 0.15) is 33.6 Å². The van der Waals surface area contributed by atoms with Gasteiger partial charge in [-0.25, -0.2) is 0 Å². The molecule has 1 saturated heterocycles. The first-order chi connectivity index (χ1) is 7.56. The molecular weight excluding hydrogens is 206 g/mol. The number of nitrogens with zero attached hydrogens (tertiary/aromatic N) is 1. The molecule has 0 saturated carbocycles. The van der Waals surface area contributed by atoms with Crippen molar-refractivity contribution >= 4 is 5.97 Å². The number of β-amino-alcohol motifs (C(OH)–C–C–N with tert-alkyl or cyclic N) is 1. The van der Waals surface area contributed by atoms with E-state index in [4.69, 9.17) is 4.74 Å². The Balaban J connectivity index is 2.41. The van der Waals surface area contributed by atoms with Crippen molar-refractivity contribution in [1.82, 2.24) is 4.90 Å². The van der Waals surface area contributed by atoms with E-state index in [0.29, 0.717) is 19.1 Å². The summed E-state index contributed by atoms with van der Waals surface area (Å²) in [6.45, 7) is 7.78. The lowest BCUT2D eigenvalue weighted by Crippen LogP contribution is -2.49. The second-order valence-corrected chi connectivity index (χ2v) is 4.67. The van der Waals surface area contributed by atoms with Gasteiger partial charge in [-0.15, -0.1) is 0 Å². The maximum Gasteiger partial charge on any atom is 0.323 e. The molecule has 1 aliphatic heterocycles. The van der Waals surface area contributed by atoms with Crippen LogP contribution in [0.25, 0.3) is 0 Å². The molecule has 1 N–H and O–H groups in total. The standard InChI is InChI=1S/C12H23NO3/c1-4-7-16-12(15)10(3)13-6-5-9(2)11(14)8-13/h9-11,14H,4-8H2,1-3H3. The lowest BCUT2D eigenvalue weighted by atomic mass is 9.95. The molecule has 1 fully saturated rings. The van der Waals surface area contributed by atoms with Crippen molar-refractivity contribution < 1.29 is 14.6 Å². The van der Waals surface area contributed by atoms with Crippen LogP contribution in [0.2, 0.25) is 0 Å². The first-order valence-corrected chi connectivity index (χ1v) is 6.15. The molecule has 1 rings (SSSR count). The SMILES string of the molecule is CCCOC(=O)C(C)N1CCC(C)C(O)C1. The van der Waals surface area contributed by atoms with Crippen LogP contribution in [-0.2, 0) is 9.53 Å². The second-order valence-electron chi connectivity index (χ2n) is 4.67. The van der Waals surface area contributed by atoms with E-state index in [0.717, 1.165) is 19.4 Å². The molecule has 4 nitrogen and oxygen atoms in total. The van der Waals surface area contributed by atoms with Gasteiger partial charge in [0.1, 0.15) is 6.04 Å². The van der Waals surface area contributed by atoms with Crippen LogP contribution in [0.5, 0.6) is 0 Å². The maximum absolute atomic E-state index is 11.6. The van der Waals surface area contributed by atoms with E-state index in [-0.39, 0.29) is 18.1 Å². The first-order valence-electron chi connectivity index (χ1n) is 6.15. The zero-order chi connectivity index (χ0) is 12.1. The van der Waals surface area contributed by atoms with Gasteiger partial charge >= 0.3 is 5.97 Å². The minimum atomic E-state index is -0.324. The minimum absolute atomic E-state index is 0.177. The van der Waals surface area contributed by atoms with E-state index in [9.17, 15) is 9.90 Å². The number of carbonyl (C=O) groups excluding carboxylic acids is 1. The summed E-state index contributed by atoms with van der Waals surface area (Å²) in [5, 5.41) is 9.76. The third-order valence-corrected chi connectivity index (χ3v) is 3.29. The molecule has 0 aliphatic carbocycles. The summed E-state index contributed by atoms with van der Waals surface area (Å²) >= 11 is 0. The lowest BCUT2D eigenvalue weighted by Gasteiger charge is -2.36. The number of likely N-dealkylation sites (tertiary alicyclic amines) is 1. The number of carbonyl (C=O) groups is 1. The number of esters is 1. The molecule has 1 aliphatic rings. The van der Waals surface area contributed by atoms with Crippen molar-refractivity contribution in [2.24, 2.45) is 5.92 Å². The second kappa shape index (κ2) is 6.21. The molecule has 3 unspecified atom stereocenters. The number of aliphatic hydroxyl groups is 1. The Bertz CT molecular complexity index is 232. The van der Waals surface area contributed by atoms with Gasteiger partial charge in [-0.3, -0.25) is 9.69 Å². The highest BCUT2D eigenvalue weighted by atomic mass is 16.5. The average Bonchev–Trinajstić information content (AvgIpc) is 2.28. The van der Waals surface area contributed by atoms with E-state index in [2.05, 4.69) is 0 Å². The predicted octanol–water partition coefficient (Wildman–Crippen LogP) is 1.03. The summed E-state index contributed by atoms with van der Waals surface area (Å²) in [5.74, 6) is 0.152. The Hall–Kier alpha value is -0.610. The summed E-state index contributed by atoms with van der Waals surface area (Å²) in [5.41, 5.74) is 0. The summed E-state index contributed by atoms with van der Waals surface area (Å²) in [6, 6.07) is -0.242. The topological polar surface area (TPSA) is 49.8 Å². The number of ether oxygens (including phenoxy) is 1. The van der Waals surface area contributed by atoms with E-state index in [1.807, 2.05) is 25.7 Å². The molecule has 0 aromatic heterocycles. The fourth-order valence-electron chi connectivity index (χ4n) is 1.90. The van der Waals surface area contributed by atoms with Crippen LogP contribution in [-0.4, -0.2) is 47.8 Å². The smallest absolute Gasteiger partial charge is 0.323 e. The van der Waals surface area contributed by atoms with Crippen molar-refractivity contribution in [3.8, 4) is 0 Å². The summed E-state index contributed by atoms with van der Waals surface area (Å²) in [7, 11) is 0. The molecule has 0 spiro atoms. The number of hydrogen-bond acceptors (Lipinski definition) is 4. The Morgan fingerprint density at radius 1 is 1.62 bits per heavy atom. The monoisotopic (exact) mass is 229 g/mol. The minimum Gasteiger partial charge on any atom is -0.465 e. The fourth-order valence-corrected chi connectivity index (χ4v) is 1.90. The zero-order valence-electron chi connectivity index (χ0n) is 10.5. The Kier molecular flexibility index (Phi) is 5.22. The summed E-state index contributed by atoms with van der Waals surface area (Å²) < 4.78 is 5.11. The van der Waals surface area contributed by atoms with Gasteiger partial charge in [0.05, 0.1) is 12.7 Å². The highest BCUT2D eigenvalue weighted by Crippen LogP contribution is 2.19. The Morgan fingerprint density at radius 3 is 2.88 bits per heavy atom. The fraction of sp³-hybridized carbons (Fsp3) is 0.917. The molecule has 4 heteroatoms. The van der Waals surface area contributed by atoms with Gasteiger partial charge in [0.2, 0.25) is 0 Å². The van der Waals surface area contributed by atoms with E-state index >= 15 is 0 Å². The van der Waals surface area contributed by atoms with E-state index in [1.54, 1.807) is 0 Å². The van der Waals surface area contributed by atoms with Crippen LogP contribution < -0.4 is 0 Å². The molecular formula is C12H23NO3. The maximum atomic E-state index is 11.6. The van der Waals surface area contributed by atoms with Gasteiger partial charge in [-0.2, -0.15) is 0 Å². The van der Waals surface area contributed by atoms with Crippen LogP contribution >= 0.6 is 0 Å². The summed E-state index contributed by atoms with van der Waals surface area (Å²) in [4.78, 5) is 13.6. The Morgan fingerprint density at radius 2 is 2.31 bits per heavy atom. The Labute approximate surface area is 97.6 Å².